The van der Waals surface area contributed by atoms with Crippen molar-refractivity contribution in [2.45, 2.75) is 23.7 Å². The van der Waals surface area contributed by atoms with Crippen LogP contribution in [0.15, 0.2) is 29.2 Å². The topological polar surface area (TPSA) is 21.3 Å². The van der Waals surface area contributed by atoms with Gasteiger partial charge in [-0.1, -0.05) is 19.1 Å². The van der Waals surface area contributed by atoms with E-state index in [0.29, 0.717) is 5.41 Å². The van der Waals surface area contributed by atoms with E-state index in [4.69, 9.17) is 4.74 Å². The molecular weight excluding hydrogens is 242 g/mol. The molecule has 2 heterocycles. The highest BCUT2D eigenvalue weighted by Crippen LogP contribution is 2.42. The maximum Gasteiger partial charge on any atom is 0.0588 e. The molecule has 0 aromatic heterocycles. The first-order chi connectivity index (χ1) is 8.85. The summed E-state index contributed by atoms with van der Waals surface area (Å²) in [5, 5.41) is 3.49. The van der Waals surface area contributed by atoms with Crippen LogP contribution in [0.25, 0.3) is 0 Å². The van der Waals surface area contributed by atoms with Crippen LogP contribution in [0, 0.1) is 5.92 Å². The Labute approximate surface area is 113 Å². The smallest absolute Gasteiger partial charge is 0.0588 e. The quantitative estimate of drug-likeness (QED) is 0.844. The van der Waals surface area contributed by atoms with Crippen LogP contribution in [-0.2, 0) is 10.2 Å². The second-order valence-corrected chi connectivity index (χ2v) is 6.63. The predicted molar refractivity (Wildman–Crippen MR) is 76.3 cm³/mol. The van der Waals surface area contributed by atoms with E-state index in [9.17, 15) is 0 Å². The molecule has 1 aromatic carbocycles. The summed E-state index contributed by atoms with van der Waals surface area (Å²) in [4.78, 5) is 1.38. The van der Waals surface area contributed by atoms with Gasteiger partial charge in [-0.3, -0.25) is 0 Å². The van der Waals surface area contributed by atoms with Crippen molar-refractivity contribution in [1.82, 2.24) is 5.32 Å². The first kappa shape index (κ1) is 12.5. The Morgan fingerprint density at radius 2 is 2.11 bits per heavy atom. The molecule has 2 fully saturated rings. The second-order valence-electron chi connectivity index (χ2n) is 5.30. The summed E-state index contributed by atoms with van der Waals surface area (Å²) in [6, 6.07) is 9.18. The van der Waals surface area contributed by atoms with Crippen molar-refractivity contribution in [1.29, 1.82) is 0 Å². The Balaban J connectivity index is 1.82. The van der Waals surface area contributed by atoms with E-state index < -0.39 is 0 Å². The molecular formula is C15H21NOS. The molecule has 0 radical (unpaired) electrons. The van der Waals surface area contributed by atoms with Gasteiger partial charge in [-0.15, -0.1) is 11.8 Å². The highest BCUT2D eigenvalue weighted by molar-refractivity contribution is 7.99. The zero-order valence-corrected chi connectivity index (χ0v) is 11.8. The summed E-state index contributed by atoms with van der Waals surface area (Å²) in [7, 11) is 0. The summed E-state index contributed by atoms with van der Waals surface area (Å²) < 4.78 is 5.55. The minimum absolute atomic E-state index is 0.291. The lowest BCUT2D eigenvalue weighted by Crippen LogP contribution is -2.53. The monoisotopic (exact) mass is 263 g/mol. The lowest BCUT2D eigenvalue weighted by atomic mass is 9.68. The van der Waals surface area contributed by atoms with E-state index in [1.807, 2.05) is 11.8 Å². The molecule has 2 saturated heterocycles. The van der Waals surface area contributed by atoms with Gasteiger partial charge in [-0.05, 0) is 48.9 Å². The maximum absolute atomic E-state index is 5.55. The molecule has 1 unspecified atom stereocenters. The third-order valence-electron chi connectivity index (χ3n) is 4.30. The Morgan fingerprint density at radius 1 is 1.33 bits per heavy atom. The van der Waals surface area contributed by atoms with Gasteiger partial charge in [0, 0.05) is 10.3 Å². The molecule has 1 N–H and O–H groups in total. The Kier molecular flexibility index (Phi) is 3.64. The van der Waals surface area contributed by atoms with E-state index >= 15 is 0 Å². The highest BCUT2D eigenvalue weighted by Gasteiger charge is 2.47. The summed E-state index contributed by atoms with van der Waals surface area (Å²) in [5.41, 5.74) is 1.77. The molecule has 0 amide bonds. The number of hydrogen-bond acceptors (Lipinski definition) is 3. The number of hydrogen-bond donors (Lipinski definition) is 1. The van der Waals surface area contributed by atoms with Crippen LogP contribution in [0.5, 0.6) is 0 Å². The van der Waals surface area contributed by atoms with Crippen LogP contribution >= 0.6 is 11.8 Å². The zero-order valence-electron chi connectivity index (χ0n) is 10.9. The van der Waals surface area contributed by atoms with Crippen LogP contribution in [0.3, 0.4) is 0 Å². The molecule has 0 aliphatic carbocycles. The van der Waals surface area contributed by atoms with E-state index in [0.717, 1.165) is 38.0 Å². The van der Waals surface area contributed by atoms with Crippen LogP contribution in [-0.4, -0.2) is 32.1 Å². The minimum atomic E-state index is 0.291. The van der Waals surface area contributed by atoms with Crippen LogP contribution in [0.4, 0.5) is 0 Å². The van der Waals surface area contributed by atoms with Crippen molar-refractivity contribution in [2.24, 2.45) is 5.92 Å². The average Bonchev–Trinajstić information content (AvgIpc) is 2.84. The predicted octanol–water partition coefficient (Wildman–Crippen LogP) is 2.68. The first-order valence-corrected chi connectivity index (χ1v) is 7.85. The van der Waals surface area contributed by atoms with Crippen LogP contribution in [0.2, 0.25) is 0 Å². The van der Waals surface area contributed by atoms with Crippen molar-refractivity contribution in [3.8, 4) is 0 Å². The number of nitrogens with one attached hydrogen (secondary N) is 1. The molecule has 0 bridgehead atoms. The summed E-state index contributed by atoms with van der Waals surface area (Å²) >= 11 is 1.91. The van der Waals surface area contributed by atoms with E-state index in [1.165, 1.54) is 16.9 Å². The summed E-state index contributed by atoms with van der Waals surface area (Å²) in [6.45, 7) is 6.31. The minimum Gasteiger partial charge on any atom is -0.379 e. The average molecular weight is 263 g/mol. The fourth-order valence-corrected chi connectivity index (χ4v) is 3.80. The van der Waals surface area contributed by atoms with Gasteiger partial charge in [0.05, 0.1) is 13.2 Å². The van der Waals surface area contributed by atoms with Gasteiger partial charge < -0.3 is 10.1 Å². The van der Waals surface area contributed by atoms with Crippen LogP contribution < -0.4 is 5.32 Å². The molecule has 3 heteroatoms. The molecule has 1 aromatic rings. The third-order valence-corrected chi connectivity index (χ3v) is 5.20. The molecule has 0 saturated carbocycles. The number of thioether (sulfide) groups is 1. The van der Waals surface area contributed by atoms with Gasteiger partial charge in [0.25, 0.3) is 0 Å². The molecule has 18 heavy (non-hydrogen) atoms. The summed E-state index contributed by atoms with van der Waals surface area (Å²) in [6.07, 6.45) is 1.29. The van der Waals surface area contributed by atoms with Gasteiger partial charge in [0.2, 0.25) is 0 Å². The second kappa shape index (κ2) is 5.24. The standard InChI is InChI=1S/C15H21NOS/c1-2-18-14-5-3-12(4-6-14)15(10-17-11-15)13-7-8-16-9-13/h3-6,13,16H,2,7-11H2,1H3. The van der Waals surface area contributed by atoms with Gasteiger partial charge in [-0.25, -0.2) is 0 Å². The number of rotatable bonds is 4. The summed E-state index contributed by atoms with van der Waals surface area (Å²) in [5.74, 6) is 1.89. The highest BCUT2D eigenvalue weighted by atomic mass is 32.2. The van der Waals surface area contributed by atoms with Crippen molar-refractivity contribution in [2.75, 3.05) is 32.1 Å². The van der Waals surface area contributed by atoms with Gasteiger partial charge >= 0.3 is 0 Å². The van der Waals surface area contributed by atoms with E-state index in [2.05, 4.69) is 36.5 Å². The van der Waals surface area contributed by atoms with E-state index in [-0.39, 0.29) is 0 Å². The van der Waals surface area contributed by atoms with Gasteiger partial charge in [0.1, 0.15) is 0 Å². The fourth-order valence-electron chi connectivity index (χ4n) is 3.14. The molecule has 98 valence electrons. The maximum atomic E-state index is 5.55. The Morgan fingerprint density at radius 3 is 2.61 bits per heavy atom. The van der Waals surface area contributed by atoms with Crippen molar-refractivity contribution in [3.63, 3.8) is 0 Å². The molecule has 2 aliphatic rings. The normalized spacial score (nSPS) is 25.9. The lowest BCUT2D eigenvalue weighted by Gasteiger charge is -2.46. The third kappa shape index (κ3) is 2.09. The van der Waals surface area contributed by atoms with Crippen molar-refractivity contribution in [3.05, 3.63) is 29.8 Å². The SMILES string of the molecule is CCSc1ccc(C2(C3CCNC3)COC2)cc1. The molecule has 2 nitrogen and oxygen atoms in total. The number of ether oxygens (including phenoxy) is 1. The molecule has 2 aliphatic heterocycles. The lowest BCUT2D eigenvalue weighted by molar-refractivity contribution is -0.0869. The van der Waals surface area contributed by atoms with Crippen molar-refractivity contribution >= 4 is 11.8 Å². The first-order valence-electron chi connectivity index (χ1n) is 6.87. The molecule has 1 atom stereocenters. The van der Waals surface area contributed by atoms with E-state index in [1.54, 1.807) is 0 Å². The Bertz CT molecular complexity index is 393. The van der Waals surface area contributed by atoms with Crippen LogP contribution in [0.1, 0.15) is 18.9 Å². The zero-order chi connectivity index (χ0) is 12.4. The molecule has 0 spiro atoms. The van der Waals surface area contributed by atoms with Gasteiger partial charge in [-0.2, -0.15) is 0 Å². The molecule has 3 rings (SSSR count). The fraction of sp³-hybridized carbons (Fsp3) is 0.600. The largest absolute Gasteiger partial charge is 0.379 e. The van der Waals surface area contributed by atoms with Crippen molar-refractivity contribution < 1.29 is 4.74 Å². The van der Waals surface area contributed by atoms with Gasteiger partial charge in [0.15, 0.2) is 0 Å². The number of benzene rings is 1. The Hall–Kier alpha value is -0.510.